The second-order valence-corrected chi connectivity index (χ2v) is 19.8. The van der Waals surface area contributed by atoms with E-state index in [4.69, 9.17) is 15.3 Å². The molecule has 0 radical (unpaired) electrons. The van der Waals surface area contributed by atoms with Crippen molar-refractivity contribution in [2.45, 2.75) is 139 Å². The largest absolute Gasteiger partial charge is 0.552 e. The molecule has 2 aromatic rings. The molecule has 0 aliphatic carbocycles. The zero-order valence-corrected chi connectivity index (χ0v) is 39.8. The molecule has 0 aromatic carbocycles. The van der Waals surface area contributed by atoms with E-state index in [1.165, 1.54) is 7.11 Å². The summed E-state index contributed by atoms with van der Waals surface area (Å²) < 4.78 is 20.2. The second kappa shape index (κ2) is 16.6. The number of aromatic nitrogens is 2. The van der Waals surface area contributed by atoms with Crippen LogP contribution in [0, 0.1) is 43.4 Å². The summed E-state index contributed by atoms with van der Waals surface area (Å²) in [5, 5.41) is 4.74. The van der Waals surface area contributed by atoms with Crippen LogP contribution >= 0.6 is 0 Å². The van der Waals surface area contributed by atoms with Crippen LogP contribution in [0.5, 0.6) is 0 Å². The SMILES string of the molecule is CCCC(=O)C[C@@H](CCCNC(=O)CC[C@@H]1C2=C(CC(=O)OC)c3c(C(=O)NN)c(C)c4n3[C@]35n6c(c(C)c(C(C)=O)c6=CC6=[N+]3C(=C4)[C@H](CC)[C@H]6C)=CC(=[N+]25)[C@H]1C)C(=O)OC(C)(C)C. The van der Waals surface area contributed by atoms with Crippen LogP contribution in [0.1, 0.15) is 156 Å². The lowest BCUT2D eigenvalue weighted by Crippen LogP contribution is -2.70. The molecule has 1 spiro atoms. The predicted octanol–water partition coefficient (Wildman–Crippen LogP) is 4.30. The first kappa shape index (κ1) is 45.9. The molecular weight excluding hydrogens is 827 g/mol. The molecule has 8 heterocycles. The van der Waals surface area contributed by atoms with E-state index in [1.807, 2.05) is 20.8 Å². The van der Waals surface area contributed by atoms with Gasteiger partial charge in [-0.3, -0.25) is 34.2 Å². The van der Waals surface area contributed by atoms with Gasteiger partial charge in [0, 0.05) is 49.6 Å². The predicted molar refractivity (Wildman–Crippen MR) is 245 cm³/mol. The molecule has 8 rings (SSSR count). The first-order chi connectivity index (χ1) is 30.8. The number of hydrogen-bond donors (Lipinski definition) is 3. The summed E-state index contributed by atoms with van der Waals surface area (Å²) in [4.78, 5) is 81.2. The first-order valence-corrected chi connectivity index (χ1v) is 23.4. The van der Waals surface area contributed by atoms with Crippen LogP contribution in [0.4, 0.5) is 0 Å². The highest BCUT2D eigenvalue weighted by Gasteiger charge is 2.76. The fraction of sp³-hybridized carbons (Fsp3) is 0.560. The number of nitrogens with one attached hydrogen (secondary N) is 2. The molecule has 2 amide bonds. The lowest BCUT2D eigenvalue weighted by Gasteiger charge is -2.39. The molecule has 15 nitrogen and oxygen atoms in total. The van der Waals surface area contributed by atoms with Gasteiger partial charge < -0.3 is 14.8 Å². The lowest BCUT2D eigenvalue weighted by molar-refractivity contribution is -0.838. The van der Waals surface area contributed by atoms with Gasteiger partial charge in [0.15, 0.2) is 22.9 Å². The van der Waals surface area contributed by atoms with Gasteiger partial charge in [0.05, 0.1) is 76.3 Å². The number of esters is 2. The molecule has 6 aliphatic rings. The Morgan fingerprint density at radius 1 is 0.908 bits per heavy atom. The molecule has 2 aromatic heterocycles. The lowest BCUT2D eigenvalue weighted by atomic mass is 9.83. The summed E-state index contributed by atoms with van der Waals surface area (Å²) >= 11 is 0. The highest BCUT2D eigenvalue weighted by Crippen LogP contribution is 2.56. The Kier molecular flexibility index (Phi) is 11.7. The number of Topliss-reactive ketones (excluding diaryl/α,β-unsaturated/α-hetero) is 2. The minimum atomic E-state index is -1.20. The monoisotopic (exact) mass is 891 g/mol. The third-order valence-electron chi connectivity index (χ3n) is 14.7. The first-order valence-electron chi connectivity index (χ1n) is 23.4. The van der Waals surface area contributed by atoms with Gasteiger partial charge in [-0.15, -0.1) is 0 Å². The van der Waals surface area contributed by atoms with Gasteiger partial charge in [-0.2, -0.15) is 9.13 Å². The van der Waals surface area contributed by atoms with Crippen molar-refractivity contribution in [1.29, 1.82) is 0 Å². The number of methoxy groups -OCH3 is 1. The highest BCUT2D eigenvalue weighted by molar-refractivity contribution is 6.14. The van der Waals surface area contributed by atoms with Crippen molar-refractivity contribution in [2.75, 3.05) is 13.7 Å². The number of nitrogen functional groups attached to an aromatic ring is 1. The van der Waals surface area contributed by atoms with Crippen LogP contribution in [0.2, 0.25) is 0 Å². The average molecular weight is 892 g/mol. The standard InChI is InChI=1S/C50H63N7O8/c1-12-15-31(59)20-30(48(63)65-49(8,9)10)16-14-19-52-41(60)18-17-33-26(4)36-22-37-27(5)43(29(7)58)40-24-35-25(3)32(13-2)39-23-38-28(6)44(47(62)53-51)46-34(21-42(61)64-11)45(33)56(36)50(54(35)39,55(37)40)57(38)46/h22-26,30,32-33,51H,12-21H2,1-11H3,(H,52,60)/p+2/t25-,26+,30-,32-,33+,50+/m1/s1. The maximum absolute atomic E-state index is 14.2. The third kappa shape index (κ3) is 6.85. The molecule has 0 saturated heterocycles. The van der Waals surface area contributed by atoms with Crippen molar-refractivity contribution >= 4 is 70.5 Å². The Labute approximate surface area is 380 Å². The van der Waals surface area contributed by atoms with Crippen molar-refractivity contribution in [3.63, 3.8) is 0 Å². The Hall–Kier alpha value is -5.70. The van der Waals surface area contributed by atoms with Gasteiger partial charge in [0.2, 0.25) is 11.6 Å². The van der Waals surface area contributed by atoms with Gasteiger partial charge in [-0.1, -0.05) is 36.8 Å². The molecule has 4 N–H and O–H groups in total. The van der Waals surface area contributed by atoms with Crippen molar-refractivity contribution in [3.8, 4) is 0 Å². The van der Waals surface area contributed by atoms with E-state index in [2.05, 4.69) is 68.0 Å². The average Bonchev–Trinajstić information content (AvgIpc) is 3.91. The molecule has 0 saturated carbocycles. The van der Waals surface area contributed by atoms with Crippen LogP contribution in [-0.2, 0) is 34.6 Å². The number of carbonyl (C=O) groups excluding carboxylic acids is 6. The molecule has 346 valence electrons. The number of ether oxygens (including phenoxy) is 2. The van der Waals surface area contributed by atoms with Crippen LogP contribution < -0.4 is 27.3 Å². The number of amides is 2. The molecule has 15 heteroatoms. The minimum absolute atomic E-state index is 0.0193. The number of allylic oxidation sites excluding steroid dienone is 2. The summed E-state index contributed by atoms with van der Waals surface area (Å²) in [5.41, 5.74) is 10.2. The fourth-order valence-corrected chi connectivity index (χ4v) is 11.9. The van der Waals surface area contributed by atoms with Crippen LogP contribution in [0.3, 0.4) is 0 Å². The van der Waals surface area contributed by atoms with E-state index in [0.717, 1.165) is 51.2 Å². The Morgan fingerprint density at radius 3 is 2.22 bits per heavy atom. The molecule has 0 bridgehead atoms. The summed E-state index contributed by atoms with van der Waals surface area (Å²) in [6.45, 7) is 19.8. The number of hydrogen-bond acceptors (Lipinski definition) is 9. The third-order valence-corrected chi connectivity index (χ3v) is 14.7. The van der Waals surface area contributed by atoms with E-state index >= 15 is 0 Å². The van der Waals surface area contributed by atoms with Gasteiger partial charge >= 0.3 is 17.8 Å². The zero-order valence-electron chi connectivity index (χ0n) is 39.8. The molecule has 0 unspecified atom stereocenters. The number of carbonyl (C=O) groups is 6. The topological polar surface area (TPSA) is 187 Å². The molecule has 6 aliphatic heterocycles. The summed E-state index contributed by atoms with van der Waals surface area (Å²) in [7, 11) is 1.35. The van der Waals surface area contributed by atoms with Crippen LogP contribution in [-0.4, -0.2) is 84.3 Å². The van der Waals surface area contributed by atoms with Gasteiger partial charge in [0.25, 0.3) is 5.91 Å². The molecular formula is C50H65N7O8+2. The smallest absolute Gasteiger partial charge is 0.469 e. The maximum Gasteiger partial charge on any atom is 0.552 e. The van der Waals surface area contributed by atoms with Gasteiger partial charge in [-0.05, 0) is 84.8 Å². The van der Waals surface area contributed by atoms with Crippen molar-refractivity contribution < 1.29 is 47.4 Å². The number of nitrogens with zero attached hydrogens (tertiary/aromatic N) is 4. The van der Waals surface area contributed by atoms with Crippen LogP contribution in [0.25, 0.3) is 23.8 Å². The molecule has 65 heavy (non-hydrogen) atoms. The second-order valence-electron chi connectivity index (χ2n) is 19.8. The van der Waals surface area contributed by atoms with Crippen molar-refractivity contribution in [2.24, 2.45) is 35.4 Å². The maximum atomic E-state index is 14.2. The fourth-order valence-electron chi connectivity index (χ4n) is 11.9. The number of hydrazine groups is 1. The van der Waals surface area contributed by atoms with Crippen LogP contribution in [0.15, 0.2) is 11.4 Å². The minimum Gasteiger partial charge on any atom is -0.469 e. The number of rotatable bonds is 17. The van der Waals surface area contributed by atoms with E-state index in [9.17, 15) is 28.8 Å². The molecule has 6 atom stereocenters. The Bertz CT molecular complexity index is 2750. The van der Waals surface area contributed by atoms with Gasteiger partial charge in [-0.25, -0.2) is 5.84 Å². The molecule has 0 fully saturated rings. The van der Waals surface area contributed by atoms with E-state index in [-0.39, 0.29) is 60.4 Å². The number of nitrogens with two attached hydrogens (primary N) is 1. The summed E-state index contributed by atoms with van der Waals surface area (Å²) in [6.07, 6.45) is 9.89. The quantitative estimate of drug-likeness (QED) is 0.0396. The van der Waals surface area contributed by atoms with Gasteiger partial charge in [0.1, 0.15) is 11.4 Å². The zero-order chi connectivity index (χ0) is 47.2. The van der Waals surface area contributed by atoms with E-state index in [1.54, 1.807) is 27.7 Å². The summed E-state index contributed by atoms with van der Waals surface area (Å²) in [5.74, 6) is 2.34. The van der Waals surface area contributed by atoms with Crippen molar-refractivity contribution in [3.05, 3.63) is 55.7 Å². The van der Waals surface area contributed by atoms with E-state index in [0.29, 0.717) is 66.6 Å². The van der Waals surface area contributed by atoms with E-state index < -0.39 is 35.3 Å². The Morgan fingerprint density at radius 2 is 1.58 bits per heavy atom. The Balaban J connectivity index is 1.23. The number of ketones is 2. The van der Waals surface area contributed by atoms with Crippen molar-refractivity contribution in [1.82, 2.24) is 19.9 Å². The summed E-state index contributed by atoms with van der Waals surface area (Å²) in [6, 6.07) is 0. The normalized spacial score (nSPS) is 23.3. The highest BCUT2D eigenvalue weighted by atomic mass is 16.6.